The number of nitrogens with one attached hydrogen (secondary N) is 1. The standard InChI is InChI=1S/C19H13NO/c21-19(14-7-2-1-3-8-14)18-12-16-15-9-5-4-6-13(15)10-11-17(16)20-18/h1-12,20H. The van der Waals surface area contributed by atoms with Gasteiger partial charge in [-0.2, -0.15) is 0 Å². The maximum absolute atomic E-state index is 12.5. The second kappa shape index (κ2) is 4.60. The molecule has 100 valence electrons. The molecule has 0 aliphatic rings. The molecule has 0 saturated carbocycles. The van der Waals surface area contributed by atoms with E-state index in [4.69, 9.17) is 0 Å². The molecule has 21 heavy (non-hydrogen) atoms. The van der Waals surface area contributed by atoms with Gasteiger partial charge in [0, 0.05) is 16.5 Å². The van der Waals surface area contributed by atoms with Gasteiger partial charge in [0.05, 0.1) is 5.69 Å². The van der Waals surface area contributed by atoms with Crippen molar-refractivity contribution < 1.29 is 4.79 Å². The molecule has 1 aromatic heterocycles. The van der Waals surface area contributed by atoms with Crippen molar-refractivity contribution in [2.24, 2.45) is 0 Å². The third-order valence-electron chi connectivity index (χ3n) is 3.81. The minimum Gasteiger partial charge on any atom is -0.352 e. The van der Waals surface area contributed by atoms with Gasteiger partial charge >= 0.3 is 0 Å². The molecule has 0 saturated heterocycles. The molecular weight excluding hydrogens is 258 g/mol. The molecule has 4 rings (SSSR count). The van der Waals surface area contributed by atoms with Crippen LogP contribution in [-0.4, -0.2) is 10.8 Å². The number of aromatic amines is 1. The largest absolute Gasteiger partial charge is 0.352 e. The molecule has 4 aromatic rings. The molecule has 0 aliphatic carbocycles. The lowest BCUT2D eigenvalue weighted by Gasteiger charge is -1.97. The highest BCUT2D eigenvalue weighted by Gasteiger charge is 2.12. The quantitative estimate of drug-likeness (QED) is 0.533. The number of hydrogen-bond acceptors (Lipinski definition) is 1. The summed E-state index contributed by atoms with van der Waals surface area (Å²) in [5, 5.41) is 3.44. The zero-order valence-electron chi connectivity index (χ0n) is 11.3. The number of hydrogen-bond donors (Lipinski definition) is 1. The smallest absolute Gasteiger partial charge is 0.209 e. The van der Waals surface area contributed by atoms with E-state index in [0.29, 0.717) is 11.3 Å². The maximum atomic E-state index is 12.5. The van der Waals surface area contributed by atoms with Crippen molar-refractivity contribution in [2.75, 3.05) is 0 Å². The van der Waals surface area contributed by atoms with Crippen molar-refractivity contribution in [3.63, 3.8) is 0 Å². The first-order chi connectivity index (χ1) is 10.3. The van der Waals surface area contributed by atoms with Crippen LogP contribution < -0.4 is 0 Å². The predicted octanol–water partition coefficient (Wildman–Crippen LogP) is 4.55. The average Bonchev–Trinajstić information content (AvgIpc) is 2.99. The summed E-state index contributed by atoms with van der Waals surface area (Å²) in [4.78, 5) is 15.8. The zero-order valence-corrected chi connectivity index (χ0v) is 11.3. The average molecular weight is 271 g/mol. The maximum Gasteiger partial charge on any atom is 0.209 e. The van der Waals surface area contributed by atoms with E-state index in [2.05, 4.69) is 23.2 Å². The van der Waals surface area contributed by atoms with Gasteiger partial charge in [0.1, 0.15) is 0 Å². The van der Waals surface area contributed by atoms with Crippen LogP contribution in [0.4, 0.5) is 0 Å². The molecule has 1 N–H and O–H groups in total. The van der Waals surface area contributed by atoms with Crippen LogP contribution in [0, 0.1) is 0 Å². The van der Waals surface area contributed by atoms with Gasteiger partial charge in [0.15, 0.2) is 0 Å². The van der Waals surface area contributed by atoms with Gasteiger partial charge in [-0.3, -0.25) is 4.79 Å². The lowest BCUT2D eigenvalue weighted by molar-refractivity contribution is 0.103. The molecule has 0 radical (unpaired) electrons. The monoisotopic (exact) mass is 271 g/mol. The molecule has 2 heteroatoms. The molecular formula is C19H13NO. The fourth-order valence-electron chi connectivity index (χ4n) is 2.75. The van der Waals surface area contributed by atoms with Crippen molar-refractivity contribution in [1.82, 2.24) is 4.98 Å². The van der Waals surface area contributed by atoms with Gasteiger partial charge in [-0.25, -0.2) is 0 Å². The van der Waals surface area contributed by atoms with E-state index in [1.165, 1.54) is 10.8 Å². The lowest BCUT2D eigenvalue weighted by Crippen LogP contribution is -2.00. The third kappa shape index (κ3) is 1.93. The Kier molecular flexibility index (Phi) is 2.61. The number of carbonyl (C=O) groups is 1. The molecule has 2 nitrogen and oxygen atoms in total. The van der Waals surface area contributed by atoms with E-state index in [9.17, 15) is 4.79 Å². The minimum atomic E-state index is 0.0240. The predicted molar refractivity (Wildman–Crippen MR) is 85.7 cm³/mol. The van der Waals surface area contributed by atoms with E-state index >= 15 is 0 Å². The number of carbonyl (C=O) groups excluding carboxylic acids is 1. The number of ketones is 1. The molecule has 0 unspecified atom stereocenters. The first kappa shape index (κ1) is 11.9. The van der Waals surface area contributed by atoms with Crippen molar-refractivity contribution in [1.29, 1.82) is 0 Å². The summed E-state index contributed by atoms with van der Waals surface area (Å²) >= 11 is 0. The molecule has 0 atom stereocenters. The Balaban J connectivity index is 1.91. The summed E-state index contributed by atoms with van der Waals surface area (Å²) in [5.41, 5.74) is 2.33. The van der Waals surface area contributed by atoms with Crippen LogP contribution in [-0.2, 0) is 0 Å². The van der Waals surface area contributed by atoms with Crippen LogP contribution in [0.3, 0.4) is 0 Å². The third-order valence-corrected chi connectivity index (χ3v) is 3.81. The topological polar surface area (TPSA) is 32.9 Å². The van der Waals surface area contributed by atoms with E-state index in [1.807, 2.05) is 54.6 Å². The van der Waals surface area contributed by atoms with Crippen LogP contribution in [0.5, 0.6) is 0 Å². The van der Waals surface area contributed by atoms with Gasteiger partial charge in [-0.05, 0) is 22.9 Å². The summed E-state index contributed by atoms with van der Waals surface area (Å²) in [6.45, 7) is 0. The van der Waals surface area contributed by atoms with Gasteiger partial charge < -0.3 is 4.98 Å². The first-order valence-electron chi connectivity index (χ1n) is 6.93. The van der Waals surface area contributed by atoms with Gasteiger partial charge in [0.2, 0.25) is 5.78 Å². The van der Waals surface area contributed by atoms with Gasteiger partial charge in [0.25, 0.3) is 0 Å². The Labute approximate surface area is 122 Å². The lowest BCUT2D eigenvalue weighted by atomic mass is 10.1. The Morgan fingerprint density at radius 1 is 0.762 bits per heavy atom. The highest BCUT2D eigenvalue weighted by molar-refractivity contribution is 6.14. The molecule has 0 aliphatic heterocycles. The number of rotatable bonds is 2. The van der Waals surface area contributed by atoms with Gasteiger partial charge in [-0.15, -0.1) is 0 Å². The molecule has 1 heterocycles. The summed E-state index contributed by atoms with van der Waals surface area (Å²) in [6, 6.07) is 23.6. The first-order valence-corrected chi connectivity index (χ1v) is 6.93. The molecule has 0 spiro atoms. The van der Waals surface area contributed by atoms with Gasteiger partial charge in [-0.1, -0.05) is 60.7 Å². The highest BCUT2D eigenvalue weighted by Crippen LogP contribution is 2.26. The molecule has 0 amide bonds. The summed E-state index contributed by atoms with van der Waals surface area (Å²) in [5.74, 6) is 0.0240. The number of aromatic nitrogens is 1. The number of benzene rings is 3. The Morgan fingerprint density at radius 3 is 2.38 bits per heavy atom. The second-order valence-corrected chi connectivity index (χ2v) is 5.13. The SMILES string of the molecule is O=C(c1ccccc1)c1cc2c(ccc3ccccc32)[nH]1. The van der Waals surface area contributed by atoms with Crippen LogP contribution in [0.1, 0.15) is 16.1 Å². The Hall–Kier alpha value is -2.87. The molecule has 0 fully saturated rings. The van der Waals surface area contributed by atoms with Crippen molar-refractivity contribution >= 4 is 27.5 Å². The minimum absolute atomic E-state index is 0.0240. The zero-order chi connectivity index (χ0) is 14.2. The highest BCUT2D eigenvalue weighted by atomic mass is 16.1. The summed E-state index contributed by atoms with van der Waals surface area (Å²) in [6.07, 6.45) is 0. The van der Waals surface area contributed by atoms with Crippen LogP contribution in [0.25, 0.3) is 21.7 Å². The molecule has 3 aromatic carbocycles. The van der Waals surface area contributed by atoms with Crippen LogP contribution >= 0.6 is 0 Å². The number of fused-ring (bicyclic) bond motifs is 3. The Bertz CT molecular complexity index is 951. The van der Waals surface area contributed by atoms with Crippen molar-refractivity contribution in [2.45, 2.75) is 0 Å². The van der Waals surface area contributed by atoms with Crippen molar-refractivity contribution in [3.8, 4) is 0 Å². The van der Waals surface area contributed by atoms with E-state index in [0.717, 1.165) is 10.9 Å². The fourth-order valence-corrected chi connectivity index (χ4v) is 2.75. The second-order valence-electron chi connectivity index (χ2n) is 5.13. The fraction of sp³-hybridized carbons (Fsp3) is 0. The summed E-state index contributed by atoms with van der Waals surface area (Å²) in [7, 11) is 0. The van der Waals surface area contributed by atoms with Crippen LogP contribution in [0.2, 0.25) is 0 Å². The van der Waals surface area contributed by atoms with Crippen LogP contribution in [0.15, 0.2) is 72.8 Å². The van der Waals surface area contributed by atoms with Crippen molar-refractivity contribution in [3.05, 3.63) is 84.1 Å². The van der Waals surface area contributed by atoms with E-state index in [1.54, 1.807) is 0 Å². The van der Waals surface area contributed by atoms with E-state index in [-0.39, 0.29) is 5.78 Å². The normalized spacial score (nSPS) is 11.0. The summed E-state index contributed by atoms with van der Waals surface area (Å²) < 4.78 is 0. The number of H-pyrrole nitrogens is 1. The van der Waals surface area contributed by atoms with E-state index < -0.39 is 0 Å². The molecule has 0 bridgehead atoms. The Morgan fingerprint density at radius 2 is 1.52 bits per heavy atom.